The minimum absolute atomic E-state index is 0.115. The van der Waals surface area contributed by atoms with E-state index in [2.05, 4.69) is 46.3 Å². The van der Waals surface area contributed by atoms with Gasteiger partial charge in [-0.05, 0) is 59.6 Å². The molecule has 4 aromatic carbocycles. The summed E-state index contributed by atoms with van der Waals surface area (Å²) in [7, 11) is 0. The maximum absolute atomic E-state index is 11.6. The van der Waals surface area contributed by atoms with E-state index in [-0.39, 0.29) is 6.61 Å². The van der Waals surface area contributed by atoms with Crippen molar-refractivity contribution in [1.82, 2.24) is 0 Å². The van der Waals surface area contributed by atoms with Crippen LogP contribution in [-0.2, 0) is 25.7 Å². The van der Waals surface area contributed by atoms with Gasteiger partial charge in [0, 0.05) is 15.6 Å². The first-order valence-electron chi connectivity index (χ1n) is 12.0. The van der Waals surface area contributed by atoms with Crippen LogP contribution in [0, 0.1) is 0 Å². The highest BCUT2D eigenvalue weighted by atomic mass is 79.9. The third kappa shape index (κ3) is 5.09. The van der Waals surface area contributed by atoms with Crippen LogP contribution in [0.3, 0.4) is 0 Å². The first kappa shape index (κ1) is 23.5. The first-order chi connectivity index (χ1) is 17.1. The number of aryl methyl sites for hydroxylation is 4. The smallest absolute Gasteiger partial charge is 0.128 e. The van der Waals surface area contributed by atoms with Crippen LogP contribution in [0.1, 0.15) is 45.0 Å². The van der Waals surface area contributed by atoms with Gasteiger partial charge < -0.3 is 10.2 Å². The minimum atomic E-state index is -0.427. The Morgan fingerprint density at radius 2 is 1.40 bits per heavy atom. The molecule has 4 heteroatoms. The second kappa shape index (κ2) is 10.6. The van der Waals surface area contributed by atoms with Gasteiger partial charge in [-0.2, -0.15) is 0 Å². The minimum Gasteiger partial charge on any atom is -0.507 e. The van der Waals surface area contributed by atoms with E-state index in [1.807, 2.05) is 60.7 Å². The molecule has 3 nitrogen and oxygen atoms in total. The maximum Gasteiger partial charge on any atom is 0.128 e. The van der Waals surface area contributed by atoms with Gasteiger partial charge in [-0.25, -0.2) is 0 Å². The van der Waals surface area contributed by atoms with E-state index < -0.39 is 6.04 Å². The van der Waals surface area contributed by atoms with Crippen molar-refractivity contribution in [3.05, 3.63) is 134 Å². The number of benzene rings is 4. The summed E-state index contributed by atoms with van der Waals surface area (Å²) in [6.07, 6.45) is 3.18. The van der Waals surface area contributed by atoms with E-state index in [0.29, 0.717) is 5.75 Å². The number of hydrogen-bond acceptors (Lipinski definition) is 3. The second-order valence-corrected chi connectivity index (χ2v) is 9.84. The number of halogens is 1. The number of rotatable bonds is 5. The Kier molecular flexibility index (Phi) is 7.12. The zero-order chi connectivity index (χ0) is 24.2. The summed E-state index contributed by atoms with van der Waals surface area (Å²) in [6.45, 7) is -0.115. The van der Waals surface area contributed by atoms with Gasteiger partial charge in [0.2, 0.25) is 0 Å². The number of aliphatic imine (C=N–C) groups is 1. The average Bonchev–Trinajstić information content (AvgIpc) is 2.89. The molecule has 0 saturated carbocycles. The molecule has 0 aliphatic heterocycles. The summed E-state index contributed by atoms with van der Waals surface area (Å²) in [6, 6.07) is 30.2. The molecule has 0 aromatic heterocycles. The number of aliphatic hydroxyl groups excluding tert-OH is 1. The molecule has 176 valence electrons. The molecule has 0 unspecified atom stereocenters. The first-order valence-corrected chi connectivity index (χ1v) is 12.8. The van der Waals surface area contributed by atoms with Crippen molar-refractivity contribution in [2.24, 2.45) is 4.99 Å². The molecule has 0 saturated heterocycles. The Bertz CT molecular complexity index is 1350. The Labute approximate surface area is 215 Å². The fourth-order valence-corrected chi connectivity index (χ4v) is 5.40. The van der Waals surface area contributed by atoms with Gasteiger partial charge in [0.25, 0.3) is 0 Å². The third-order valence-corrected chi connectivity index (χ3v) is 7.48. The molecular weight excluding hydrogens is 498 g/mol. The lowest BCUT2D eigenvalue weighted by Crippen LogP contribution is -2.14. The molecule has 0 heterocycles. The van der Waals surface area contributed by atoms with Gasteiger partial charge in [-0.15, -0.1) is 0 Å². The fourth-order valence-electron chi connectivity index (χ4n) is 4.78. The van der Waals surface area contributed by atoms with Crippen molar-refractivity contribution in [2.75, 3.05) is 6.61 Å². The van der Waals surface area contributed by atoms with E-state index in [1.165, 1.54) is 11.1 Å². The van der Waals surface area contributed by atoms with Crippen LogP contribution in [0.15, 0.2) is 100 Å². The van der Waals surface area contributed by atoms with Gasteiger partial charge in [0.05, 0.1) is 18.4 Å². The Balaban J connectivity index is 1.68. The van der Waals surface area contributed by atoms with E-state index in [4.69, 9.17) is 4.99 Å². The number of aliphatic hydroxyl groups is 1. The van der Waals surface area contributed by atoms with Crippen molar-refractivity contribution in [2.45, 2.75) is 31.7 Å². The van der Waals surface area contributed by atoms with Crippen LogP contribution >= 0.6 is 15.9 Å². The molecule has 4 aliphatic rings. The largest absolute Gasteiger partial charge is 0.507 e. The van der Waals surface area contributed by atoms with Crippen molar-refractivity contribution < 1.29 is 10.2 Å². The summed E-state index contributed by atoms with van der Waals surface area (Å²) in [5.41, 5.74) is 7.82. The van der Waals surface area contributed by atoms with Gasteiger partial charge in [0.15, 0.2) is 0 Å². The maximum atomic E-state index is 11.6. The Hall–Kier alpha value is -3.21. The number of phenols is 1. The summed E-state index contributed by atoms with van der Waals surface area (Å²) >= 11 is 3.73. The average molecular weight is 526 g/mol. The van der Waals surface area contributed by atoms with Crippen LogP contribution in [0.4, 0.5) is 0 Å². The van der Waals surface area contributed by atoms with E-state index in [0.717, 1.165) is 63.7 Å². The summed E-state index contributed by atoms with van der Waals surface area (Å²) in [5, 5.41) is 21.9. The molecule has 8 rings (SSSR count). The molecule has 0 fully saturated rings. The standard InChI is InChI=1S/C31H28BrNO2/c32-27-19-21-11-13-22(27)15-17-26-18-16-24(14-12-21)29(31(26)35)30(25-9-5-2-6-10-25)33-28(20-34)23-7-3-1-4-8-23/h1-11,13,16,18-19,28,34-35H,12,14-15,17,20H2/t28-/m0/s1. The summed E-state index contributed by atoms with van der Waals surface area (Å²) < 4.78 is 1.13. The lowest BCUT2D eigenvalue weighted by atomic mass is 9.88. The van der Waals surface area contributed by atoms with Crippen LogP contribution < -0.4 is 0 Å². The zero-order valence-corrected chi connectivity index (χ0v) is 21.1. The van der Waals surface area contributed by atoms with Gasteiger partial charge in [-0.1, -0.05) is 101 Å². The lowest BCUT2D eigenvalue weighted by Gasteiger charge is -2.21. The van der Waals surface area contributed by atoms with E-state index in [9.17, 15) is 10.2 Å². The lowest BCUT2D eigenvalue weighted by molar-refractivity contribution is 0.269. The molecule has 4 aliphatic carbocycles. The Morgan fingerprint density at radius 1 is 0.771 bits per heavy atom. The summed E-state index contributed by atoms with van der Waals surface area (Å²) in [4.78, 5) is 5.09. The highest BCUT2D eigenvalue weighted by molar-refractivity contribution is 9.10. The number of hydrogen-bond donors (Lipinski definition) is 2. The molecule has 4 bridgehead atoms. The van der Waals surface area contributed by atoms with Crippen molar-refractivity contribution in [3.8, 4) is 5.75 Å². The number of phenolic OH excluding ortho intramolecular Hbond substituents is 1. The van der Waals surface area contributed by atoms with Crippen molar-refractivity contribution >= 4 is 21.6 Å². The molecule has 0 spiro atoms. The molecule has 2 N–H and O–H groups in total. The third-order valence-electron chi connectivity index (χ3n) is 6.74. The van der Waals surface area contributed by atoms with Crippen molar-refractivity contribution in [1.29, 1.82) is 0 Å². The molecule has 0 radical (unpaired) electrons. The zero-order valence-electron chi connectivity index (χ0n) is 19.5. The van der Waals surface area contributed by atoms with Crippen LogP contribution in [-0.4, -0.2) is 22.5 Å². The van der Waals surface area contributed by atoms with Gasteiger partial charge in [-0.3, -0.25) is 4.99 Å². The monoisotopic (exact) mass is 525 g/mol. The predicted molar refractivity (Wildman–Crippen MR) is 145 cm³/mol. The van der Waals surface area contributed by atoms with Crippen LogP contribution in [0.5, 0.6) is 5.75 Å². The fraction of sp³-hybridized carbons (Fsp3) is 0.194. The predicted octanol–water partition coefficient (Wildman–Crippen LogP) is 6.61. The molecular formula is C31H28BrNO2. The molecule has 1 atom stereocenters. The normalized spacial score (nSPS) is 14.4. The van der Waals surface area contributed by atoms with Crippen LogP contribution in [0.2, 0.25) is 0 Å². The topological polar surface area (TPSA) is 52.8 Å². The highest BCUT2D eigenvalue weighted by Crippen LogP contribution is 2.34. The summed E-state index contributed by atoms with van der Waals surface area (Å²) in [5.74, 6) is 0.293. The van der Waals surface area contributed by atoms with Gasteiger partial charge >= 0.3 is 0 Å². The molecule has 35 heavy (non-hydrogen) atoms. The number of aromatic hydroxyl groups is 1. The number of nitrogens with zero attached hydrogens (tertiary/aromatic N) is 1. The Morgan fingerprint density at radius 3 is 2.11 bits per heavy atom. The van der Waals surface area contributed by atoms with E-state index in [1.54, 1.807) is 0 Å². The second-order valence-electron chi connectivity index (χ2n) is 8.99. The van der Waals surface area contributed by atoms with Crippen LogP contribution in [0.25, 0.3) is 0 Å². The molecule has 4 aromatic rings. The van der Waals surface area contributed by atoms with E-state index >= 15 is 0 Å². The molecule has 0 amide bonds. The quantitative estimate of drug-likeness (QED) is 0.288. The highest BCUT2D eigenvalue weighted by Gasteiger charge is 2.22. The SMILES string of the molecule is OC[C@H](N=C(c1ccccc1)c1c2ccc(c1O)CCc1ccc(cc1Br)CC2)c1ccccc1. The van der Waals surface area contributed by atoms with Crippen molar-refractivity contribution in [3.63, 3.8) is 0 Å². The van der Waals surface area contributed by atoms with Gasteiger partial charge in [0.1, 0.15) is 5.75 Å².